The number of halogens is 3. The van der Waals surface area contributed by atoms with Gasteiger partial charge in [-0.2, -0.15) is 13.2 Å². The Balaban J connectivity index is 1.74. The van der Waals surface area contributed by atoms with E-state index in [9.17, 15) is 18.3 Å². The zero-order valence-corrected chi connectivity index (χ0v) is 19.0. The molecule has 3 aromatic heterocycles. The minimum absolute atomic E-state index is 0.436. The van der Waals surface area contributed by atoms with Gasteiger partial charge in [-0.3, -0.25) is 4.98 Å². The Morgan fingerprint density at radius 1 is 1.03 bits per heavy atom. The number of ether oxygens (including phenoxy) is 1. The molecule has 0 bridgehead atoms. The number of rotatable bonds is 7. The molecule has 9 heteroatoms. The molecule has 3 heterocycles. The summed E-state index contributed by atoms with van der Waals surface area (Å²) >= 11 is 0. The molecule has 0 radical (unpaired) electrons. The molecule has 0 aliphatic rings. The molecule has 34 heavy (non-hydrogen) atoms. The summed E-state index contributed by atoms with van der Waals surface area (Å²) in [6.07, 6.45) is 2.28. The predicted octanol–water partition coefficient (Wildman–Crippen LogP) is 5.16. The van der Waals surface area contributed by atoms with E-state index >= 15 is 0 Å². The van der Waals surface area contributed by atoms with Crippen molar-refractivity contribution < 1.29 is 23.0 Å². The van der Waals surface area contributed by atoms with Crippen molar-refractivity contribution in [3.8, 4) is 16.9 Å². The molecule has 1 aromatic carbocycles. The Morgan fingerprint density at radius 3 is 2.44 bits per heavy atom. The van der Waals surface area contributed by atoms with Crippen molar-refractivity contribution in [2.75, 3.05) is 7.11 Å². The molecular weight excluding hydrogens is 445 g/mol. The Bertz CT molecular complexity index is 1290. The number of alkyl halides is 3. The highest BCUT2D eigenvalue weighted by molar-refractivity contribution is 5.75. The van der Waals surface area contributed by atoms with Crippen molar-refractivity contribution in [3.63, 3.8) is 0 Å². The quantitative estimate of drug-likeness (QED) is 0.404. The monoisotopic (exact) mass is 470 g/mol. The van der Waals surface area contributed by atoms with E-state index in [2.05, 4.69) is 15.0 Å². The molecule has 4 rings (SSSR count). The molecule has 0 saturated carbocycles. The lowest BCUT2D eigenvalue weighted by Gasteiger charge is -2.39. The maximum absolute atomic E-state index is 14.3. The standard InChI is InChI=1S/C25H25F3N4O2/c1-23(2,19-11-17(6-7-22(19)34-3)18-12-29-16-30-13-18)14-24(33,25(26,27)28)15-32-10-8-20-21(32)5-4-9-31-20/h4-13,16,33H,14-15H2,1-3H3. The topological polar surface area (TPSA) is 73.1 Å². The fourth-order valence-corrected chi connectivity index (χ4v) is 4.38. The molecule has 1 atom stereocenters. The lowest BCUT2D eigenvalue weighted by atomic mass is 9.74. The van der Waals surface area contributed by atoms with Crippen molar-refractivity contribution in [2.24, 2.45) is 0 Å². The number of hydrogen-bond donors (Lipinski definition) is 1. The zero-order chi connectivity index (χ0) is 24.6. The molecule has 0 aliphatic heterocycles. The molecule has 1 unspecified atom stereocenters. The summed E-state index contributed by atoms with van der Waals surface area (Å²) in [5.74, 6) is 0.436. The van der Waals surface area contributed by atoms with Crippen LogP contribution in [0.5, 0.6) is 5.75 Å². The number of nitrogens with zero attached hydrogens (tertiary/aromatic N) is 4. The second-order valence-corrected chi connectivity index (χ2v) is 8.98. The van der Waals surface area contributed by atoms with Crippen LogP contribution in [0.1, 0.15) is 25.8 Å². The molecule has 1 N–H and O–H groups in total. The fourth-order valence-electron chi connectivity index (χ4n) is 4.38. The molecule has 0 amide bonds. The molecule has 178 valence electrons. The van der Waals surface area contributed by atoms with Gasteiger partial charge in [0.05, 0.1) is 24.7 Å². The lowest BCUT2D eigenvalue weighted by Crippen LogP contribution is -2.52. The highest BCUT2D eigenvalue weighted by Crippen LogP contribution is 2.45. The van der Waals surface area contributed by atoms with E-state index in [0.29, 0.717) is 22.3 Å². The van der Waals surface area contributed by atoms with Gasteiger partial charge in [0.25, 0.3) is 0 Å². The maximum Gasteiger partial charge on any atom is 0.418 e. The molecule has 6 nitrogen and oxygen atoms in total. The summed E-state index contributed by atoms with van der Waals surface area (Å²) in [7, 11) is 1.47. The van der Waals surface area contributed by atoms with Crippen LogP contribution in [0.25, 0.3) is 22.2 Å². The molecule has 0 fully saturated rings. The van der Waals surface area contributed by atoms with Crippen LogP contribution in [0.3, 0.4) is 0 Å². The van der Waals surface area contributed by atoms with Crippen LogP contribution in [0.4, 0.5) is 13.2 Å². The Kier molecular flexibility index (Phi) is 6.07. The van der Waals surface area contributed by atoms with E-state index in [4.69, 9.17) is 4.74 Å². The van der Waals surface area contributed by atoms with Gasteiger partial charge in [-0.15, -0.1) is 0 Å². The van der Waals surface area contributed by atoms with Crippen molar-refractivity contribution in [1.82, 2.24) is 19.5 Å². The Labute approximate surface area is 195 Å². The molecule has 0 spiro atoms. The van der Waals surface area contributed by atoms with Crippen LogP contribution in [0.2, 0.25) is 0 Å². The molecule has 4 aromatic rings. The van der Waals surface area contributed by atoms with Crippen LogP contribution in [0.15, 0.2) is 67.5 Å². The van der Waals surface area contributed by atoms with Crippen LogP contribution in [0, 0.1) is 0 Å². The van der Waals surface area contributed by atoms with Crippen LogP contribution < -0.4 is 4.74 Å². The molecule has 0 aliphatic carbocycles. The molecular formula is C25H25F3N4O2. The average molecular weight is 470 g/mol. The zero-order valence-electron chi connectivity index (χ0n) is 19.0. The Hall–Kier alpha value is -3.46. The van der Waals surface area contributed by atoms with Crippen molar-refractivity contribution in [1.29, 1.82) is 0 Å². The van der Waals surface area contributed by atoms with Gasteiger partial charge in [-0.1, -0.05) is 19.9 Å². The van der Waals surface area contributed by atoms with Gasteiger partial charge in [0, 0.05) is 35.9 Å². The largest absolute Gasteiger partial charge is 0.496 e. The van der Waals surface area contributed by atoms with Gasteiger partial charge in [0.1, 0.15) is 12.1 Å². The third-order valence-electron chi connectivity index (χ3n) is 6.05. The van der Waals surface area contributed by atoms with E-state index in [1.807, 2.05) is 0 Å². The van der Waals surface area contributed by atoms with Crippen LogP contribution in [-0.2, 0) is 12.0 Å². The van der Waals surface area contributed by atoms with Crippen LogP contribution >= 0.6 is 0 Å². The fraction of sp³-hybridized carbons (Fsp3) is 0.320. The number of methoxy groups -OCH3 is 1. The van der Waals surface area contributed by atoms with Gasteiger partial charge in [0.2, 0.25) is 0 Å². The first-order valence-electron chi connectivity index (χ1n) is 10.7. The van der Waals surface area contributed by atoms with Crippen molar-refractivity contribution >= 4 is 11.0 Å². The summed E-state index contributed by atoms with van der Waals surface area (Å²) in [5, 5.41) is 11.1. The summed E-state index contributed by atoms with van der Waals surface area (Å²) in [6.45, 7) is 2.67. The Morgan fingerprint density at radius 2 is 1.76 bits per heavy atom. The normalized spacial score (nSPS) is 14.2. The minimum Gasteiger partial charge on any atom is -0.496 e. The third kappa shape index (κ3) is 4.48. The van der Waals surface area contributed by atoms with E-state index in [0.717, 1.165) is 11.1 Å². The number of pyridine rings is 1. The van der Waals surface area contributed by atoms with E-state index in [1.54, 1.807) is 68.8 Å². The number of aromatic nitrogens is 4. The number of fused-ring (bicyclic) bond motifs is 1. The smallest absolute Gasteiger partial charge is 0.418 e. The first kappa shape index (κ1) is 23.7. The SMILES string of the molecule is COc1ccc(-c2cncnc2)cc1C(C)(C)CC(O)(Cn1ccc2ncccc21)C(F)(F)F. The van der Waals surface area contributed by atoms with Crippen molar-refractivity contribution in [2.45, 2.75) is 44.0 Å². The summed E-state index contributed by atoms with van der Waals surface area (Å²) in [5.41, 5.74) is -1.03. The highest BCUT2D eigenvalue weighted by Gasteiger charge is 2.56. The third-order valence-corrected chi connectivity index (χ3v) is 6.05. The second kappa shape index (κ2) is 8.72. The highest BCUT2D eigenvalue weighted by atomic mass is 19.4. The van der Waals surface area contributed by atoms with Gasteiger partial charge in [-0.05, 0) is 47.7 Å². The van der Waals surface area contributed by atoms with E-state index in [-0.39, 0.29) is 0 Å². The average Bonchev–Trinajstić information content (AvgIpc) is 3.20. The molecule has 0 saturated heterocycles. The first-order valence-corrected chi connectivity index (χ1v) is 10.7. The van der Waals surface area contributed by atoms with Gasteiger partial charge < -0.3 is 14.4 Å². The lowest BCUT2D eigenvalue weighted by molar-refractivity contribution is -0.271. The number of aliphatic hydroxyl groups is 1. The first-order chi connectivity index (χ1) is 16.0. The predicted molar refractivity (Wildman–Crippen MR) is 122 cm³/mol. The van der Waals surface area contributed by atoms with Gasteiger partial charge >= 0.3 is 6.18 Å². The maximum atomic E-state index is 14.3. The second-order valence-electron chi connectivity index (χ2n) is 8.98. The number of hydrogen-bond acceptors (Lipinski definition) is 5. The summed E-state index contributed by atoms with van der Waals surface area (Å²) in [6, 6.07) is 10.2. The summed E-state index contributed by atoms with van der Waals surface area (Å²) in [4.78, 5) is 12.2. The van der Waals surface area contributed by atoms with Crippen molar-refractivity contribution in [3.05, 3.63) is 73.1 Å². The summed E-state index contributed by atoms with van der Waals surface area (Å²) < 4.78 is 49.9. The van der Waals surface area contributed by atoms with E-state index < -0.39 is 30.2 Å². The van der Waals surface area contributed by atoms with E-state index in [1.165, 1.54) is 24.2 Å². The van der Waals surface area contributed by atoms with Gasteiger partial charge in [-0.25, -0.2) is 9.97 Å². The van der Waals surface area contributed by atoms with Crippen LogP contribution in [-0.4, -0.2) is 43.5 Å². The minimum atomic E-state index is -4.87. The number of benzene rings is 1. The van der Waals surface area contributed by atoms with Gasteiger partial charge in [0.15, 0.2) is 5.60 Å².